The van der Waals surface area contributed by atoms with E-state index in [1.807, 2.05) is 29.2 Å². The molecule has 1 N–H and O–H groups in total. The van der Waals surface area contributed by atoms with E-state index < -0.39 is 0 Å². The largest absolute Gasteiger partial charge is 0.468 e. The quantitative estimate of drug-likeness (QED) is 0.699. The Bertz CT molecular complexity index is 733. The molecule has 0 aliphatic heterocycles. The number of anilines is 1. The first-order valence-electron chi connectivity index (χ1n) is 7.51. The van der Waals surface area contributed by atoms with Crippen LogP contribution in [0.15, 0.2) is 69.9 Å². The van der Waals surface area contributed by atoms with Crippen molar-refractivity contribution in [1.82, 2.24) is 4.90 Å². The Morgan fingerprint density at radius 1 is 1.00 bits per heavy atom. The number of benzene rings is 1. The lowest BCUT2D eigenvalue weighted by Crippen LogP contribution is -2.32. The number of rotatable bonds is 7. The van der Waals surface area contributed by atoms with Crippen LogP contribution in [0.1, 0.15) is 11.5 Å². The molecule has 0 aliphatic carbocycles. The van der Waals surface area contributed by atoms with Gasteiger partial charge in [0.15, 0.2) is 0 Å². The van der Waals surface area contributed by atoms with Gasteiger partial charge in [-0.25, -0.2) is 0 Å². The molecule has 0 fully saturated rings. The number of nitrogens with one attached hydrogen (secondary N) is 1. The predicted molar refractivity (Wildman–Crippen MR) is 91.6 cm³/mol. The number of nitrogens with zero attached hydrogens (tertiary/aromatic N) is 1. The van der Waals surface area contributed by atoms with E-state index in [9.17, 15) is 4.79 Å². The summed E-state index contributed by atoms with van der Waals surface area (Å²) in [6.07, 6.45) is 3.24. The van der Waals surface area contributed by atoms with Crippen LogP contribution in [0.3, 0.4) is 0 Å². The van der Waals surface area contributed by atoms with E-state index in [0.29, 0.717) is 23.8 Å². The van der Waals surface area contributed by atoms with E-state index in [0.717, 1.165) is 11.5 Å². The van der Waals surface area contributed by atoms with Crippen molar-refractivity contribution < 1.29 is 13.6 Å². The molecular weight excluding hydrogens is 328 g/mol. The first-order valence-corrected chi connectivity index (χ1v) is 7.89. The molecule has 2 heterocycles. The van der Waals surface area contributed by atoms with Crippen LogP contribution in [-0.4, -0.2) is 17.4 Å². The van der Waals surface area contributed by atoms with Gasteiger partial charge in [0.25, 0.3) is 0 Å². The van der Waals surface area contributed by atoms with Crippen LogP contribution in [0.25, 0.3) is 0 Å². The highest BCUT2D eigenvalue weighted by atomic mass is 35.5. The van der Waals surface area contributed by atoms with Crippen molar-refractivity contribution in [1.29, 1.82) is 0 Å². The van der Waals surface area contributed by atoms with Gasteiger partial charge in [0.05, 0.1) is 32.2 Å². The minimum Gasteiger partial charge on any atom is -0.468 e. The van der Waals surface area contributed by atoms with Crippen molar-refractivity contribution in [3.63, 3.8) is 0 Å². The fraction of sp³-hybridized carbons (Fsp3) is 0.167. The highest BCUT2D eigenvalue weighted by Crippen LogP contribution is 2.15. The second-order valence-corrected chi connectivity index (χ2v) is 5.80. The Labute approximate surface area is 144 Å². The lowest BCUT2D eigenvalue weighted by molar-refractivity contribution is -0.117. The number of carbonyl (C=O) groups excluding carboxylic acids is 1. The SMILES string of the molecule is O=C(CN(Cc1ccco1)Cc1ccco1)Nc1cccc(Cl)c1. The predicted octanol–water partition coefficient (Wildman–Crippen LogP) is 4.17. The normalized spacial score (nSPS) is 10.9. The molecule has 1 aromatic carbocycles. The summed E-state index contributed by atoms with van der Waals surface area (Å²) in [5.41, 5.74) is 0.670. The molecule has 0 unspecified atom stereocenters. The first kappa shape index (κ1) is 16.4. The molecule has 0 saturated heterocycles. The van der Waals surface area contributed by atoms with Crippen molar-refractivity contribution in [2.24, 2.45) is 0 Å². The monoisotopic (exact) mass is 344 g/mol. The Morgan fingerprint density at radius 3 is 2.21 bits per heavy atom. The Kier molecular flexibility index (Phi) is 5.36. The number of furan rings is 2. The summed E-state index contributed by atoms with van der Waals surface area (Å²) in [4.78, 5) is 14.3. The standard InChI is InChI=1S/C18H17ClN2O3/c19-14-4-1-5-15(10-14)20-18(22)13-21(11-16-6-2-8-23-16)12-17-7-3-9-24-17/h1-10H,11-13H2,(H,20,22). The summed E-state index contributed by atoms with van der Waals surface area (Å²) in [6, 6.07) is 14.5. The molecule has 0 saturated carbocycles. The summed E-state index contributed by atoms with van der Waals surface area (Å²) in [5.74, 6) is 1.45. The van der Waals surface area contributed by atoms with Crippen molar-refractivity contribution >= 4 is 23.2 Å². The maximum Gasteiger partial charge on any atom is 0.238 e. The third-order valence-electron chi connectivity index (χ3n) is 3.39. The Hall–Kier alpha value is -2.50. The number of halogens is 1. The van der Waals surface area contributed by atoms with Gasteiger partial charge in [-0.15, -0.1) is 0 Å². The van der Waals surface area contributed by atoms with Gasteiger partial charge in [0, 0.05) is 10.7 Å². The van der Waals surface area contributed by atoms with E-state index in [-0.39, 0.29) is 12.5 Å². The highest BCUT2D eigenvalue weighted by Gasteiger charge is 2.15. The summed E-state index contributed by atoms with van der Waals surface area (Å²) in [6.45, 7) is 1.22. The zero-order chi connectivity index (χ0) is 16.8. The van der Waals surface area contributed by atoms with Crippen LogP contribution in [-0.2, 0) is 17.9 Å². The van der Waals surface area contributed by atoms with Crippen LogP contribution in [0.5, 0.6) is 0 Å². The van der Waals surface area contributed by atoms with E-state index in [1.54, 1.807) is 36.8 Å². The van der Waals surface area contributed by atoms with Gasteiger partial charge in [-0.05, 0) is 42.5 Å². The van der Waals surface area contributed by atoms with E-state index in [1.165, 1.54) is 0 Å². The second-order valence-electron chi connectivity index (χ2n) is 5.36. The molecule has 0 atom stereocenters. The van der Waals surface area contributed by atoms with Gasteiger partial charge < -0.3 is 14.2 Å². The minimum atomic E-state index is -0.129. The van der Waals surface area contributed by atoms with Crippen LogP contribution in [0.4, 0.5) is 5.69 Å². The van der Waals surface area contributed by atoms with Gasteiger partial charge in [0.1, 0.15) is 11.5 Å². The van der Waals surface area contributed by atoms with Gasteiger partial charge in [-0.3, -0.25) is 9.69 Å². The van der Waals surface area contributed by atoms with Crippen LogP contribution in [0, 0.1) is 0 Å². The summed E-state index contributed by atoms with van der Waals surface area (Å²) < 4.78 is 10.8. The molecule has 5 nitrogen and oxygen atoms in total. The fourth-order valence-corrected chi connectivity index (χ4v) is 2.57. The maximum atomic E-state index is 12.3. The molecule has 0 radical (unpaired) electrons. The van der Waals surface area contributed by atoms with Crippen molar-refractivity contribution in [3.8, 4) is 0 Å². The van der Waals surface area contributed by atoms with Crippen molar-refractivity contribution in [2.45, 2.75) is 13.1 Å². The molecule has 3 aromatic rings. The van der Waals surface area contributed by atoms with E-state index in [4.69, 9.17) is 20.4 Å². The van der Waals surface area contributed by atoms with Gasteiger partial charge >= 0.3 is 0 Å². The van der Waals surface area contributed by atoms with Gasteiger partial charge in [0.2, 0.25) is 5.91 Å². The van der Waals surface area contributed by atoms with E-state index in [2.05, 4.69) is 5.32 Å². The molecule has 0 spiro atoms. The molecular formula is C18H17ClN2O3. The van der Waals surface area contributed by atoms with Crippen molar-refractivity contribution in [3.05, 3.63) is 77.6 Å². The summed E-state index contributed by atoms with van der Waals surface area (Å²) >= 11 is 5.94. The molecule has 2 aromatic heterocycles. The summed E-state index contributed by atoms with van der Waals surface area (Å²) in [7, 11) is 0. The van der Waals surface area contributed by atoms with Crippen LogP contribution in [0.2, 0.25) is 5.02 Å². The minimum absolute atomic E-state index is 0.129. The van der Waals surface area contributed by atoms with E-state index >= 15 is 0 Å². The molecule has 24 heavy (non-hydrogen) atoms. The number of hydrogen-bond acceptors (Lipinski definition) is 4. The average Bonchev–Trinajstić information content (AvgIpc) is 3.21. The van der Waals surface area contributed by atoms with Crippen LogP contribution >= 0.6 is 11.6 Å². The van der Waals surface area contributed by atoms with Gasteiger partial charge in [-0.2, -0.15) is 0 Å². The van der Waals surface area contributed by atoms with Crippen LogP contribution < -0.4 is 5.32 Å². The molecule has 3 rings (SSSR count). The average molecular weight is 345 g/mol. The Morgan fingerprint density at radius 2 is 1.67 bits per heavy atom. The maximum absolute atomic E-state index is 12.3. The second kappa shape index (κ2) is 7.86. The molecule has 0 aliphatic rings. The highest BCUT2D eigenvalue weighted by molar-refractivity contribution is 6.30. The third kappa shape index (κ3) is 4.75. The smallest absolute Gasteiger partial charge is 0.238 e. The number of carbonyl (C=O) groups is 1. The zero-order valence-corrected chi connectivity index (χ0v) is 13.7. The fourth-order valence-electron chi connectivity index (χ4n) is 2.38. The van der Waals surface area contributed by atoms with Crippen molar-refractivity contribution in [2.75, 3.05) is 11.9 Å². The summed E-state index contributed by atoms with van der Waals surface area (Å²) in [5, 5.41) is 3.43. The number of hydrogen-bond donors (Lipinski definition) is 1. The number of amides is 1. The Balaban J connectivity index is 1.64. The molecule has 1 amide bonds. The topological polar surface area (TPSA) is 58.6 Å². The lowest BCUT2D eigenvalue weighted by Gasteiger charge is -2.19. The molecule has 124 valence electrons. The van der Waals surface area contributed by atoms with Gasteiger partial charge in [-0.1, -0.05) is 17.7 Å². The molecule has 0 bridgehead atoms. The third-order valence-corrected chi connectivity index (χ3v) is 3.63. The first-order chi connectivity index (χ1) is 11.7. The molecule has 6 heteroatoms. The lowest BCUT2D eigenvalue weighted by atomic mass is 10.3. The zero-order valence-electron chi connectivity index (χ0n) is 12.9.